The average Bonchev–Trinajstić information content (AvgIpc) is 2.95. The van der Waals surface area contributed by atoms with Crippen molar-refractivity contribution >= 4 is 5.91 Å². The molecule has 2 aromatic rings. The van der Waals surface area contributed by atoms with Crippen LogP contribution in [0.3, 0.4) is 0 Å². The Balaban J connectivity index is 1.80. The van der Waals surface area contributed by atoms with Gasteiger partial charge < -0.3 is 9.42 Å². The number of rotatable bonds is 2. The van der Waals surface area contributed by atoms with E-state index in [2.05, 4.69) is 19.0 Å². The highest BCUT2D eigenvalue weighted by Crippen LogP contribution is 2.25. The quantitative estimate of drug-likeness (QED) is 0.848. The minimum absolute atomic E-state index is 0.0268. The van der Waals surface area contributed by atoms with E-state index in [1.807, 2.05) is 36.1 Å². The van der Waals surface area contributed by atoms with E-state index in [9.17, 15) is 4.79 Å². The van der Waals surface area contributed by atoms with Crippen molar-refractivity contribution in [1.29, 1.82) is 0 Å². The van der Waals surface area contributed by atoms with Gasteiger partial charge in [0.05, 0.1) is 0 Å². The molecule has 3 rings (SSSR count). The molecule has 1 aliphatic rings. The van der Waals surface area contributed by atoms with Crippen molar-refractivity contribution in [2.45, 2.75) is 27.2 Å². The zero-order chi connectivity index (χ0) is 15.7. The molecule has 2 atom stereocenters. The van der Waals surface area contributed by atoms with Gasteiger partial charge >= 0.3 is 0 Å². The van der Waals surface area contributed by atoms with Crippen LogP contribution >= 0.6 is 0 Å². The van der Waals surface area contributed by atoms with Gasteiger partial charge in [-0.2, -0.15) is 0 Å². The predicted octanol–water partition coefficient (Wildman–Crippen LogP) is 3.77. The molecular weight excluding hydrogens is 276 g/mol. The molecule has 0 unspecified atom stereocenters. The molecule has 4 heteroatoms. The number of piperidine rings is 1. The van der Waals surface area contributed by atoms with Gasteiger partial charge in [0, 0.05) is 24.7 Å². The lowest BCUT2D eigenvalue weighted by atomic mass is 9.92. The number of hydrogen-bond donors (Lipinski definition) is 0. The maximum Gasteiger partial charge on any atom is 0.276 e. The molecule has 0 spiro atoms. The SMILES string of the molecule is Cc1cccc(-c2cc(C(=O)N3C[C@H](C)C[C@H](C)C3)no2)c1. The maximum atomic E-state index is 12.6. The lowest BCUT2D eigenvalue weighted by molar-refractivity contribution is 0.0613. The van der Waals surface area contributed by atoms with Crippen LogP contribution in [0.15, 0.2) is 34.9 Å². The number of aryl methyl sites for hydroxylation is 1. The van der Waals surface area contributed by atoms with E-state index in [1.54, 1.807) is 6.07 Å². The van der Waals surface area contributed by atoms with Crippen molar-refractivity contribution in [3.63, 3.8) is 0 Å². The number of hydrogen-bond acceptors (Lipinski definition) is 3. The summed E-state index contributed by atoms with van der Waals surface area (Å²) in [5.74, 6) is 1.69. The maximum absolute atomic E-state index is 12.6. The minimum atomic E-state index is -0.0268. The Bertz CT molecular complexity index is 667. The van der Waals surface area contributed by atoms with E-state index in [-0.39, 0.29) is 5.91 Å². The van der Waals surface area contributed by atoms with Crippen LogP contribution in [0.2, 0.25) is 0 Å². The zero-order valence-corrected chi connectivity index (χ0v) is 13.4. The molecule has 1 saturated heterocycles. The molecule has 116 valence electrons. The van der Waals surface area contributed by atoms with E-state index < -0.39 is 0 Å². The van der Waals surface area contributed by atoms with Crippen molar-refractivity contribution in [1.82, 2.24) is 10.1 Å². The van der Waals surface area contributed by atoms with Crippen LogP contribution in [0.1, 0.15) is 36.3 Å². The lowest BCUT2D eigenvalue weighted by Crippen LogP contribution is -2.42. The van der Waals surface area contributed by atoms with Crippen LogP contribution in [0, 0.1) is 18.8 Å². The molecule has 4 nitrogen and oxygen atoms in total. The van der Waals surface area contributed by atoms with E-state index in [1.165, 1.54) is 6.42 Å². The molecule has 1 aliphatic heterocycles. The van der Waals surface area contributed by atoms with Gasteiger partial charge in [-0.05, 0) is 31.2 Å². The molecule has 0 N–H and O–H groups in total. The molecule has 1 aromatic carbocycles. The second-order valence-electron chi connectivity index (χ2n) is 6.60. The van der Waals surface area contributed by atoms with Gasteiger partial charge in [-0.1, -0.05) is 42.8 Å². The fourth-order valence-corrected chi connectivity index (χ4v) is 3.30. The molecule has 0 bridgehead atoms. The first-order chi connectivity index (χ1) is 10.5. The van der Waals surface area contributed by atoms with Crippen LogP contribution in [0.25, 0.3) is 11.3 Å². The third-order valence-electron chi connectivity index (χ3n) is 4.19. The van der Waals surface area contributed by atoms with Crippen molar-refractivity contribution < 1.29 is 9.32 Å². The van der Waals surface area contributed by atoms with Gasteiger partial charge in [0.1, 0.15) is 0 Å². The van der Waals surface area contributed by atoms with Gasteiger partial charge in [0.25, 0.3) is 5.91 Å². The van der Waals surface area contributed by atoms with Gasteiger partial charge in [0.2, 0.25) is 0 Å². The second kappa shape index (κ2) is 5.95. The van der Waals surface area contributed by atoms with Crippen molar-refractivity contribution in [3.05, 3.63) is 41.6 Å². The second-order valence-corrected chi connectivity index (χ2v) is 6.60. The fraction of sp³-hybridized carbons (Fsp3) is 0.444. The van der Waals surface area contributed by atoms with Crippen LogP contribution in [-0.4, -0.2) is 29.1 Å². The predicted molar refractivity (Wildman–Crippen MR) is 85.5 cm³/mol. The summed E-state index contributed by atoms with van der Waals surface area (Å²) in [6.07, 6.45) is 1.18. The third-order valence-corrected chi connectivity index (χ3v) is 4.19. The molecular formula is C18H22N2O2. The summed E-state index contributed by atoms with van der Waals surface area (Å²) in [5, 5.41) is 3.98. The van der Waals surface area contributed by atoms with Crippen LogP contribution in [0.4, 0.5) is 0 Å². The fourth-order valence-electron chi connectivity index (χ4n) is 3.30. The first kappa shape index (κ1) is 14.8. The Kier molecular flexibility index (Phi) is 4.01. The standard InChI is InChI=1S/C18H22N2O2/c1-12-5-4-6-15(8-12)17-9-16(19-22-17)18(21)20-10-13(2)7-14(3)11-20/h4-6,8-9,13-14H,7,10-11H2,1-3H3/t13-,14+. The molecule has 0 saturated carbocycles. The summed E-state index contributed by atoms with van der Waals surface area (Å²) in [7, 11) is 0. The Morgan fingerprint density at radius 2 is 1.95 bits per heavy atom. The number of nitrogens with zero attached hydrogens (tertiary/aromatic N) is 2. The highest BCUT2D eigenvalue weighted by Gasteiger charge is 2.28. The van der Waals surface area contributed by atoms with Gasteiger partial charge in [-0.25, -0.2) is 0 Å². The molecule has 22 heavy (non-hydrogen) atoms. The number of likely N-dealkylation sites (tertiary alicyclic amines) is 1. The van der Waals surface area contributed by atoms with Crippen molar-refractivity contribution in [2.24, 2.45) is 11.8 Å². The first-order valence-electron chi connectivity index (χ1n) is 7.86. The van der Waals surface area contributed by atoms with Crippen molar-refractivity contribution in [2.75, 3.05) is 13.1 Å². The summed E-state index contributed by atoms with van der Waals surface area (Å²) >= 11 is 0. The summed E-state index contributed by atoms with van der Waals surface area (Å²) in [4.78, 5) is 14.5. The molecule has 2 heterocycles. The van der Waals surface area contributed by atoms with Crippen molar-refractivity contribution in [3.8, 4) is 11.3 Å². The largest absolute Gasteiger partial charge is 0.355 e. The van der Waals surface area contributed by atoms with Gasteiger partial charge in [-0.15, -0.1) is 0 Å². The highest BCUT2D eigenvalue weighted by atomic mass is 16.5. The average molecular weight is 298 g/mol. The van der Waals surface area contributed by atoms with Gasteiger partial charge in [-0.3, -0.25) is 4.79 Å². The number of aromatic nitrogens is 1. The van der Waals surface area contributed by atoms with E-state index in [0.717, 1.165) is 24.2 Å². The summed E-state index contributed by atoms with van der Waals surface area (Å²) in [5.41, 5.74) is 2.50. The number of amides is 1. The summed E-state index contributed by atoms with van der Waals surface area (Å²) < 4.78 is 5.37. The van der Waals surface area contributed by atoms with E-state index in [0.29, 0.717) is 23.3 Å². The van der Waals surface area contributed by atoms with Crippen LogP contribution in [-0.2, 0) is 0 Å². The minimum Gasteiger partial charge on any atom is -0.355 e. The zero-order valence-electron chi connectivity index (χ0n) is 13.4. The Morgan fingerprint density at radius 3 is 2.64 bits per heavy atom. The summed E-state index contributed by atoms with van der Waals surface area (Å²) in [6, 6.07) is 9.75. The number of benzene rings is 1. The normalized spacial score (nSPS) is 21.9. The Morgan fingerprint density at radius 1 is 1.23 bits per heavy atom. The van der Waals surface area contributed by atoms with Crippen LogP contribution in [0.5, 0.6) is 0 Å². The van der Waals surface area contributed by atoms with E-state index >= 15 is 0 Å². The number of carbonyl (C=O) groups excluding carboxylic acids is 1. The molecule has 1 amide bonds. The highest BCUT2D eigenvalue weighted by molar-refractivity contribution is 5.93. The molecule has 0 aliphatic carbocycles. The van der Waals surface area contributed by atoms with Crippen LogP contribution < -0.4 is 0 Å². The third kappa shape index (κ3) is 3.06. The monoisotopic (exact) mass is 298 g/mol. The molecule has 1 fully saturated rings. The first-order valence-corrected chi connectivity index (χ1v) is 7.86. The molecule has 1 aromatic heterocycles. The smallest absolute Gasteiger partial charge is 0.276 e. The lowest BCUT2D eigenvalue weighted by Gasteiger charge is -2.34. The topological polar surface area (TPSA) is 46.3 Å². The van der Waals surface area contributed by atoms with E-state index in [4.69, 9.17) is 4.52 Å². The summed E-state index contributed by atoms with van der Waals surface area (Å²) in [6.45, 7) is 8.02. The number of carbonyl (C=O) groups is 1. The van der Waals surface area contributed by atoms with Gasteiger partial charge in [0.15, 0.2) is 11.5 Å². The Hall–Kier alpha value is -2.10. The Labute approximate surface area is 131 Å². The molecule has 0 radical (unpaired) electrons.